The third-order valence-corrected chi connectivity index (χ3v) is 5.24. The van der Waals surface area contributed by atoms with Crippen molar-refractivity contribution in [2.45, 2.75) is 63.6 Å². The van der Waals surface area contributed by atoms with E-state index in [0.717, 1.165) is 37.2 Å². The maximum atomic E-state index is 4.90. The zero-order valence-electron chi connectivity index (χ0n) is 13.8. The highest BCUT2D eigenvalue weighted by molar-refractivity contribution is 5.71. The first-order valence-corrected chi connectivity index (χ1v) is 9.17. The Morgan fingerprint density at radius 1 is 1.04 bits per heavy atom. The fourth-order valence-corrected chi connectivity index (χ4v) is 3.97. The van der Waals surface area contributed by atoms with Gasteiger partial charge in [0.05, 0.1) is 0 Å². The first-order chi connectivity index (χ1) is 11.4. The highest BCUT2D eigenvalue weighted by Gasteiger charge is 2.21. The average molecular weight is 313 g/mol. The second-order valence-electron chi connectivity index (χ2n) is 6.98. The highest BCUT2D eigenvalue weighted by atomic mass is 15.2. The van der Waals surface area contributed by atoms with Crippen LogP contribution in [0.3, 0.4) is 0 Å². The molecule has 4 heterocycles. The summed E-state index contributed by atoms with van der Waals surface area (Å²) in [5.41, 5.74) is 2.08. The Kier molecular flexibility index (Phi) is 4.57. The summed E-state index contributed by atoms with van der Waals surface area (Å²) in [5, 5.41) is 7.31. The smallest absolute Gasteiger partial charge is 0.160 e. The normalized spacial score (nSPS) is 25.7. The van der Waals surface area contributed by atoms with E-state index in [1.54, 1.807) is 0 Å². The molecule has 124 valence electrons. The number of hydrogen-bond donors (Lipinski definition) is 2. The quantitative estimate of drug-likeness (QED) is 0.909. The third kappa shape index (κ3) is 3.40. The lowest BCUT2D eigenvalue weighted by molar-refractivity contribution is 0.353. The van der Waals surface area contributed by atoms with Crippen molar-refractivity contribution in [1.82, 2.24) is 25.2 Å². The standard InChI is InChI=1S/C18H27N5/c1-3-9-19-14(6-1)12-17-22-16-8-5-11-21-18(16)23(17)13-15-7-2-4-10-20-15/h5,8,11,14-15,19-20H,1-4,6-7,9-10,12-13H2. The van der Waals surface area contributed by atoms with Crippen LogP contribution in [0.25, 0.3) is 11.2 Å². The van der Waals surface area contributed by atoms with Gasteiger partial charge in [0.1, 0.15) is 11.3 Å². The second-order valence-corrected chi connectivity index (χ2v) is 6.98. The maximum Gasteiger partial charge on any atom is 0.160 e. The van der Waals surface area contributed by atoms with Crippen molar-refractivity contribution in [2.24, 2.45) is 0 Å². The second kappa shape index (κ2) is 6.97. The maximum absolute atomic E-state index is 4.90. The fourth-order valence-electron chi connectivity index (χ4n) is 3.97. The molecule has 2 fully saturated rings. The number of piperidine rings is 2. The molecule has 2 aromatic heterocycles. The lowest BCUT2D eigenvalue weighted by atomic mass is 10.0. The molecule has 2 N–H and O–H groups in total. The first kappa shape index (κ1) is 15.1. The molecule has 2 aliphatic heterocycles. The number of aromatic nitrogens is 3. The number of fused-ring (bicyclic) bond motifs is 1. The zero-order chi connectivity index (χ0) is 15.5. The molecule has 0 spiro atoms. The predicted octanol–water partition coefficient (Wildman–Crippen LogP) is 2.26. The van der Waals surface area contributed by atoms with Gasteiger partial charge in [-0.25, -0.2) is 9.97 Å². The molecule has 0 saturated carbocycles. The van der Waals surface area contributed by atoms with Gasteiger partial charge in [0.15, 0.2) is 5.65 Å². The number of nitrogens with zero attached hydrogens (tertiary/aromatic N) is 3. The van der Waals surface area contributed by atoms with Crippen molar-refractivity contribution in [3.63, 3.8) is 0 Å². The Morgan fingerprint density at radius 3 is 2.57 bits per heavy atom. The molecule has 2 unspecified atom stereocenters. The zero-order valence-corrected chi connectivity index (χ0v) is 13.8. The van der Waals surface area contributed by atoms with Crippen LogP contribution in [0.2, 0.25) is 0 Å². The Labute approximate surface area is 137 Å². The van der Waals surface area contributed by atoms with Crippen LogP contribution in [0, 0.1) is 0 Å². The van der Waals surface area contributed by atoms with Crippen LogP contribution in [-0.4, -0.2) is 39.7 Å². The van der Waals surface area contributed by atoms with Gasteiger partial charge >= 0.3 is 0 Å². The van der Waals surface area contributed by atoms with E-state index < -0.39 is 0 Å². The van der Waals surface area contributed by atoms with Gasteiger partial charge in [-0.2, -0.15) is 0 Å². The predicted molar refractivity (Wildman–Crippen MR) is 92.5 cm³/mol. The topological polar surface area (TPSA) is 54.8 Å². The van der Waals surface area contributed by atoms with Crippen LogP contribution < -0.4 is 10.6 Å². The van der Waals surface area contributed by atoms with E-state index in [-0.39, 0.29) is 0 Å². The minimum absolute atomic E-state index is 0.557. The van der Waals surface area contributed by atoms with Crippen molar-refractivity contribution < 1.29 is 0 Å². The fraction of sp³-hybridized carbons (Fsp3) is 0.667. The average Bonchev–Trinajstić information content (AvgIpc) is 2.94. The van der Waals surface area contributed by atoms with E-state index in [1.807, 2.05) is 12.3 Å². The van der Waals surface area contributed by atoms with Crippen molar-refractivity contribution in [3.05, 3.63) is 24.2 Å². The number of rotatable bonds is 4. The van der Waals surface area contributed by atoms with E-state index in [4.69, 9.17) is 4.98 Å². The lowest BCUT2D eigenvalue weighted by Gasteiger charge is -2.26. The van der Waals surface area contributed by atoms with Crippen molar-refractivity contribution >= 4 is 11.2 Å². The molecule has 0 aliphatic carbocycles. The van der Waals surface area contributed by atoms with Gasteiger partial charge in [-0.1, -0.05) is 12.8 Å². The SMILES string of the molecule is c1cnc2c(c1)nc(CC1CCCCN1)n2CC1CCCCN1. The molecular formula is C18H27N5. The van der Waals surface area contributed by atoms with Gasteiger partial charge in [0.2, 0.25) is 0 Å². The van der Waals surface area contributed by atoms with Gasteiger partial charge in [0.25, 0.3) is 0 Å². The molecule has 5 heteroatoms. The molecule has 5 nitrogen and oxygen atoms in total. The van der Waals surface area contributed by atoms with Crippen LogP contribution in [-0.2, 0) is 13.0 Å². The van der Waals surface area contributed by atoms with Crippen LogP contribution in [0.15, 0.2) is 18.3 Å². The number of hydrogen-bond acceptors (Lipinski definition) is 4. The van der Waals surface area contributed by atoms with E-state index in [9.17, 15) is 0 Å². The minimum Gasteiger partial charge on any atom is -0.314 e. The molecule has 0 aromatic carbocycles. The van der Waals surface area contributed by atoms with Crippen LogP contribution in [0.1, 0.15) is 44.3 Å². The summed E-state index contributed by atoms with van der Waals surface area (Å²) in [6, 6.07) is 5.20. The third-order valence-electron chi connectivity index (χ3n) is 5.24. The Morgan fingerprint density at radius 2 is 1.83 bits per heavy atom. The number of nitrogens with one attached hydrogen (secondary N) is 2. The molecule has 0 amide bonds. The van der Waals surface area contributed by atoms with Gasteiger partial charge in [0, 0.05) is 31.2 Å². The summed E-state index contributed by atoms with van der Waals surface area (Å²) < 4.78 is 2.37. The monoisotopic (exact) mass is 313 g/mol. The lowest BCUT2D eigenvalue weighted by Crippen LogP contribution is -2.39. The van der Waals surface area contributed by atoms with Crippen molar-refractivity contribution in [3.8, 4) is 0 Å². The molecule has 2 saturated heterocycles. The van der Waals surface area contributed by atoms with E-state index >= 15 is 0 Å². The first-order valence-electron chi connectivity index (χ1n) is 9.17. The molecule has 2 aromatic rings. The van der Waals surface area contributed by atoms with E-state index in [2.05, 4.69) is 26.3 Å². The van der Waals surface area contributed by atoms with Gasteiger partial charge < -0.3 is 15.2 Å². The summed E-state index contributed by atoms with van der Waals surface area (Å²) in [6.07, 6.45) is 10.7. The Bertz CT molecular complexity index is 638. The van der Waals surface area contributed by atoms with Crippen LogP contribution in [0.5, 0.6) is 0 Å². The van der Waals surface area contributed by atoms with E-state index in [1.165, 1.54) is 44.3 Å². The molecular weight excluding hydrogens is 286 g/mol. The van der Waals surface area contributed by atoms with Gasteiger partial charge in [-0.3, -0.25) is 0 Å². The van der Waals surface area contributed by atoms with E-state index in [0.29, 0.717) is 12.1 Å². The summed E-state index contributed by atoms with van der Waals surface area (Å²) >= 11 is 0. The van der Waals surface area contributed by atoms with Gasteiger partial charge in [-0.05, 0) is 50.9 Å². The largest absolute Gasteiger partial charge is 0.314 e. The Hall–Kier alpha value is -1.46. The van der Waals surface area contributed by atoms with Crippen molar-refractivity contribution in [2.75, 3.05) is 13.1 Å². The summed E-state index contributed by atoms with van der Waals surface area (Å²) in [4.78, 5) is 9.52. The molecule has 0 radical (unpaired) electrons. The molecule has 2 aliphatic rings. The summed E-state index contributed by atoms with van der Waals surface area (Å²) in [6.45, 7) is 3.28. The molecule has 2 atom stereocenters. The minimum atomic E-state index is 0.557. The Balaban J connectivity index is 1.60. The molecule has 4 rings (SSSR count). The van der Waals surface area contributed by atoms with Crippen LogP contribution in [0.4, 0.5) is 0 Å². The highest BCUT2D eigenvalue weighted by Crippen LogP contribution is 2.20. The van der Waals surface area contributed by atoms with Gasteiger partial charge in [-0.15, -0.1) is 0 Å². The molecule has 0 bridgehead atoms. The number of imidazole rings is 1. The summed E-state index contributed by atoms with van der Waals surface area (Å²) in [7, 11) is 0. The van der Waals surface area contributed by atoms with Crippen LogP contribution >= 0.6 is 0 Å². The number of pyridine rings is 1. The summed E-state index contributed by atoms with van der Waals surface area (Å²) in [5.74, 6) is 1.20. The van der Waals surface area contributed by atoms with Crippen molar-refractivity contribution in [1.29, 1.82) is 0 Å². The molecule has 23 heavy (non-hydrogen) atoms.